The van der Waals surface area contributed by atoms with Gasteiger partial charge in [-0.2, -0.15) is 0 Å². The van der Waals surface area contributed by atoms with E-state index in [2.05, 4.69) is 28.2 Å². The number of amides is 1. The Balaban J connectivity index is 1.67. The van der Waals surface area contributed by atoms with Gasteiger partial charge in [0.1, 0.15) is 0 Å². The molecule has 1 aliphatic rings. The molecule has 3 aromatic rings. The van der Waals surface area contributed by atoms with Crippen molar-refractivity contribution in [2.75, 3.05) is 7.05 Å². The number of aromatic nitrogens is 2. The number of nitrogens with zero attached hydrogens (tertiary/aromatic N) is 3. The molecule has 0 saturated heterocycles. The minimum absolute atomic E-state index is 0.0311. The predicted molar refractivity (Wildman–Crippen MR) is 98.6 cm³/mol. The molecule has 4 rings (SSSR count). The maximum Gasteiger partial charge on any atom is 0.254 e. The van der Waals surface area contributed by atoms with Crippen LogP contribution in [0.25, 0.3) is 11.0 Å². The highest BCUT2D eigenvalue weighted by Crippen LogP contribution is 2.35. The quantitative estimate of drug-likeness (QED) is 0.713. The van der Waals surface area contributed by atoms with E-state index in [-0.39, 0.29) is 11.9 Å². The lowest BCUT2D eigenvalue weighted by Crippen LogP contribution is -2.30. The van der Waals surface area contributed by atoms with Gasteiger partial charge in [0.25, 0.3) is 5.91 Å². The summed E-state index contributed by atoms with van der Waals surface area (Å²) in [6.45, 7) is 3.89. The number of carbonyl (C=O) groups excluding carboxylic acids is 1. The summed E-state index contributed by atoms with van der Waals surface area (Å²) in [4.78, 5) is 24.0. The second-order valence-corrected chi connectivity index (χ2v) is 6.77. The van der Waals surface area contributed by atoms with E-state index in [9.17, 15) is 4.79 Å². The molecular weight excluding hydrogens is 310 g/mol. The lowest BCUT2D eigenvalue weighted by atomic mass is 10.1. The highest BCUT2D eigenvalue weighted by Gasteiger charge is 2.28. The van der Waals surface area contributed by atoms with Crippen LogP contribution in [-0.4, -0.2) is 27.8 Å². The summed E-state index contributed by atoms with van der Waals surface area (Å²) < 4.78 is 0. The SMILES string of the molecule is Cc1nc2ccc(C(=O)N(C)C3CCc4ccccc43)cc2nc1C. The van der Waals surface area contributed by atoms with Crippen molar-refractivity contribution in [1.82, 2.24) is 14.9 Å². The average molecular weight is 331 g/mol. The van der Waals surface area contributed by atoms with Gasteiger partial charge in [-0.15, -0.1) is 0 Å². The fourth-order valence-electron chi connectivity index (χ4n) is 3.65. The monoisotopic (exact) mass is 331 g/mol. The first-order valence-corrected chi connectivity index (χ1v) is 8.64. The number of hydrogen-bond acceptors (Lipinski definition) is 3. The van der Waals surface area contributed by atoms with Crippen LogP contribution in [0.1, 0.15) is 45.3 Å². The van der Waals surface area contributed by atoms with Crippen LogP contribution in [0, 0.1) is 13.8 Å². The molecule has 0 bridgehead atoms. The maximum atomic E-state index is 13.0. The molecule has 25 heavy (non-hydrogen) atoms. The number of aryl methyl sites for hydroxylation is 3. The molecule has 1 aromatic heterocycles. The Morgan fingerprint density at radius 1 is 1.04 bits per heavy atom. The third-order valence-electron chi connectivity index (χ3n) is 5.21. The molecule has 1 atom stereocenters. The second-order valence-electron chi connectivity index (χ2n) is 6.77. The van der Waals surface area contributed by atoms with Crippen molar-refractivity contribution in [3.05, 3.63) is 70.5 Å². The summed E-state index contributed by atoms with van der Waals surface area (Å²) in [5.41, 5.74) is 6.70. The Bertz CT molecular complexity index is 980. The van der Waals surface area contributed by atoms with E-state index in [0.29, 0.717) is 5.56 Å². The molecule has 0 aliphatic heterocycles. The zero-order valence-corrected chi connectivity index (χ0v) is 14.8. The minimum atomic E-state index is 0.0311. The molecule has 4 heteroatoms. The van der Waals surface area contributed by atoms with E-state index < -0.39 is 0 Å². The number of benzene rings is 2. The molecule has 0 saturated carbocycles. The van der Waals surface area contributed by atoms with E-state index >= 15 is 0 Å². The lowest BCUT2D eigenvalue weighted by molar-refractivity contribution is 0.0730. The van der Waals surface area contributed by atoms with Crippen LogP contribution in [0.3, 0.4) is 0 Å². The molecule has 1 aliphatic carbocycles. The first-order valence-electron chi connectivity index (χ1n) is 8.64. The fourth-order valence-corrected chi connectivity index (χ4v) is 3.65. The maximum absolute atomic E-state index is 13.0. The van der Waals surface area contributed by atoms with Gasteiger partial charge in [-0.05, 0) is 56.0 Å². The van der Waals surface area contributed by atoms with Gasteiger partial charge in [0, 0.05) is 12.6 Å². The van der Waals surface area contributed by atoms with Gasteiger partial charge in [0.05, 0.1) is 28.5 Å². The molecule has 1 amide bonds. The molecule has 126 valence electrons. The van der Waals surface area contributed by atoms with Gasteiger partial charge < -0.3 is 4.90 Å². The summed E-state index contributed by atoms with van der Waals surface area (Å²) in [5, 5.41) is 0. The molecule has 2 aromatic carbocycles. The van der Waals surface area contributed by atoms with Crippen molar-refractivity contribution < 1.29 is 4.79 Å². The summed E-state index contributed by atoms with van der Waals surface area (Å²) in [5.74, 6) is 0.0311. The first-order chi connectivity index (χ1) is 12.0. The van der Waals surface area contributed by atoms with Crippen molar-refractivity contribution >= 4 is 16.9 Å². The number of carbonyl (C=O) groups is 1. The van der Waals surface area contributed by atoms with Crippen molar-refractivity contribution in [1.29, 1.82) is 0 Å². The Hall–Kier alpha value is -2.75. The minimum Gasteiger partial charge on any atom is -0.335 e. The van der Waals surface area contributed by atoms with Gasteiger partial charge in [-0.1, -0.05) is 24.3 Å². The summed E-state index contributed by atoms with van der Waals surface area (Å²) in [6, 6.07) is 14.1. The molecular formula is C21H21N3O. The second kappa shape index (κ2) is 5.96. The molecule has 0 N–H and O–H groups in total. The standard InChI is InChI=1S/C21H21N3O/c1-13-14(2)23-19-12-16(8-10-18(19)22-13)21(25)24(3)20-11-9-15-6-4-5-7-17(15)20/h4-8,10,12,20H,9,11H2,1-3H3. The lowest BCUT2D eigenvalue weighted by Gasteiger charge is -2.25. The predicted octanol–water partition coefficient (Wildman–Crippen LogP) is 4.01. The van der Waals surface area contributed by atoms with Crippen LogP contribution in [0.2, 0.25) is 0 Å². The summed E-state index contributed by atoms with van der Waals surface area (Å²) >= 11 is 0. The first kappa shape index (κ1) is 15.8. The van der Waals surface area contributed by atoms with Crippen LogP contribution in [-0.2, 0) is 6.42 Å². The highest BCUT2D eigenvalue weighted by atomic mass is 16.2. The topological polar surface area (TPSA) is 46.1 Å². The van der Waals surface area contributed by atoms with Gasteiger partial charge in [0.2, 0.25) is 0 Å². The third kappa shape index (κ3) is 2.68. The van der Waals surface area contributed by atoms with Gasteiger partial charge in [-0.3, -0.25) is 4.79 Å². The summed E-state index contributed by atoms with van der Waals surface area (Å²) in [6.07, 6.45) is 2.01. The van der Waals surface area contributed by atoms with Gasteiger partial charge >= 0.3 is 0 Å². The molecule has 4 nitrogen and oxygen atoms in total. The number of hydrogen-bond donors (Lipinski definition) is 0. The van der Waals surface area contributed by atoms with Crippen molar-refractivity contribution in [2.45, 2.75) is 32.7 Å². The van der Waals surface area contributed by atoms with Gasteiger partial charge in [0.15, 0.2) is 0 Å². The van der Waals surface area contributed by atoms with Crippen LogP contribution < -0.4 is 0 Å². The number of fused-ring (bicyclic) bond motifs is 2. The third-order valence-corrected chi connectivity index (χ3v) is 5.21. The van der Waals surface area contributed by atoms with E-state index in [1.54, 1.807) is 0 Å². The van der Waals surface area contributed by atoms with Crippen molar-refractivity contribution in [3.63, 3.8) is 0 Å². The molecule has 1 unspecified atom stereocenters. The van der Waals surface area contributed by atoms with Crippen molar-refractivity contribution in [2.24, 2.45) is 0 Å². The Kier molecular flexibility index (Phi) is 3.75. The van der Waals surface area contributed by atoms with E-state index in [0.717, 1.165) is 35.3 Å². The Labute approximate surface area is 147 Å². The van der Waals surface area contributed by atoms with E-state index in [4.69, 9.17) is 0 Å². The zero-order valence-electron chi connectivity index (χ0n) is 14.8. The fraction of sp³-hybridized carbons (Fsp3) is 0.286. The van der Waals surface area contributed by atoms with E-state index in [1.165, 1.54) is 11.1 Å². The number of rotatable bonds is 2. The van der Waals surface area contributed by atoms with Gasteiger partial charge in [-0.25, -0.2) is 9.97 Å². The molecule has 1 heterocycles. The van der Waals surface area contributed by atoms with Crippen molar-refractivity contribution in [3.8, 4) is 0 Å². The molecule has 0 spiro atoms. The average Bonchev–Trinajstić information content (AvgIpc) is 3.05. The smallest absolute Gasteiger partial charge is 0.254 e. The largest absolute Gasteiger partial charge is 0.335 e. The summed E-state index contributed by atoms with van der Waals surface area (Å²) in [7, 11) is 1.89. The molecule has 0 fully saturated rings. The van der Waals surface area contributed by atoms with Crippen LogP contribution >= 0.6 is 0 Å². The zero-order chi connectivity index (χ0) is 17.6. The highest BCUT2D eigenvalue weighted by molar-refractivity contribution is 5.97. The Morgan fingerprint density at radius 2 is 1.76 bits per heavy atom. The molecule has 0 radical (unpaired) electrons. The van der Waals surface area contributed by atoms with E-state index in [1.807, 2.05) is 50.1 Å². The normalized spacial score (nSPS) is 16.0. The van der Waals surface area contributed by atoms with Crippen LogP contribution in [0.5, 0.6) is 0 Å². The van der Waals surface area contributed by atoms with Crippen LogP contribution in [0.15, 0.2) is 42.5 Å². The Morgan fingerprint density at radius 3 is 2.56 bits per heavy atom. The van der Waals surface area contributed by atoms with Crippen LogP contribution in [0.4, 0.5) is 0 Å².